The number of amides is 1. The van der Waals surface area contributed by atoms with Crippen LogP contribution >= 0.6 is 0 Å². The van der Waals surface area contributed by atoms with Gasteiger partial charge in [0.05, 0.1) is 10.3 Å². The zero-order valence-electron chi connectivity index (χ0n) is 13.8. The van der Waals surface area contributed by atoms with Gasteiger partial charge in [0.2, 0.25) is 5.91 Å². The van der Waals surface area contributed by atoms with Gasteiger partial charge in [0.25, 0.3) is 10.0 Å². The lowest BCUT2D eigenvalue weighted by atomic mass is 9.83. The first kappa shape index (κ1) is 17.5. The van der Waals surface area contributed by atoms with Crippen LogP contribution in [-0.4, -0.2) is 14.3 Å². The summed E-state index contributed by atoms with van der Waals surface area (Å²) in [7, 11) is -4.05. The molecule has 25 heavy (non-hydrogen) atoms. The number of benzene rings is 2. The molecule has 1 atom stereocenters. The van der Waals surface area contributed by atoms with E-state index in [1.165, 1.54) is 12.1 Å². The predicted octanol–water partition coefficient (Wildman–Crippen LogP) is 2.98. The van der Waals surface area contributed by atoms with Crippen molar-refractivity contribution in [3.63, 3.8) is 0 Å². The Morgan fingerprint density at radius 2 is 1.84 bits per heavy atom. The molecule has 0 saturated heterocycles. The van der Waals surface area contributed by atoms with Crippen LogP contribution in [0.4, 0.5) is 8.78 Å². The first-order valence-electron chi connectivity index (χ1n) is 7.77. The Kier molecular flexibility index (Phi) is 4.15. The first-order valence-corrected chi connectivity index (χ1v) is 9.25. The Balaban J connectivity index is 1.96. The summed E-state index contributed by atoms with van der Waals surface area (Å²) in [5.74, 6) is -2.70. The number of carbonyl (C=O) groups excluding carboxylic acids is 1. The number of halogens is 2. The van der Waals surface area contributed by atoms with Crippen molar-refractivity contribution in [2.75, 3.05) is 0 Å². The number of rotatable bonds is 3. The highest BCUT2D eigenvalue weighted by atomic mass is 32.2. The number of hydrogen-bond donors (Lipinski definition) is 1. The minimum Gasteiger partial charge on any atom is -0.273 e. The van der Waals surface area contributed by atoms with E-state index >= 15 is 0 Å². The quantitative estimate of drug-likeness (QED) is 0.910. The number of aryl methyl sites for hydroxylation is 1. The van der Waals surface area contributed by atoms with Crippen LogP contribution in [-0.2, 0) is 26.7 Å². The average molecular weight is 365 g/mol. The van der Waals surface area contributed by atoms with Crippen LogP contribution in [0.3, 0.4) is 0 Å². The van der Waals surface area contributed by atoms with Crippen LogP contribution in [0.25, 0.3) is 0 Å². The molecule has 0 heterocycles. The van der Waals surface area contributed by atoms with Gasteiger partial charge in [-0.15, -0.1) is 0 Å². The molecule has 2 aromatic rings. The minimum absolute atomic E-state index is 0.00968. The summed E-state index contributed by atoms with van der Waals surface area (Å²) in [6, 6.07) is 8.61. The van der Waals surface area contributed by atoms with Gasteiger partial charge in [0.15, 0.2) is 11.6 Å². The SMILES string of the molecule is Cc1ccccc1S(=O)(=O)NC(=O)C1(C)CCc2c1ccc(F)c2F. The normalized spacial score (nSPS) is 19.5. The zero-order valence-corrected chi connectivity index (χ0v) is 14.6. The van der Waals surface area contributed by atoms with Crippen LogP contribution < -0.4 is 4.72 Å². The van der Waals surface area contributed by atoms with Crippen molar-refractivity contribution in [3.8, 4) is 0 Å². The third kappa shape index (κ3) is 2.82. The summed E-state index contributed by atoms with van der Waals surface area (Å²) in [6.07, 6.45) is 0.380. The van der Waals surface area contributed by atoms with Crippen molar-refractivity contribution < 1.29 is 22.0 Å². The van der Waals surface area contributed by atoms with E-state index in [-0.39, 0.29) is 23.3 Å². The molecule has 1 aliphatic carbocycles. The van der Waals surface area contributed by atoms with Gasteiger partial charge in [-0.2, -0.15) is 0 Å². The molecule has 1 amide bonds. The number of carbonyl (C=O) groups is 1. The molecule has 1 unspecified atom stereocenters. The molecule has 132 valence electrons. The van der Waals surface area contributed by atoms with Crippen molar-refractivity contribution in [2.24, 2.45) is 0 Å². The van der Waals surface area contributed by atoms with E-state index in [1.807, 2.05) is 0 Å². The fraction of sp³-hybridized carbons (Fsp3) is 0.278. The van der Waals surface area contributed by atoms with Crippen molar-refractivity contribution in [2.45, 2.75) is 37.0 Å². The minimum atomic E-state index is -4.05. The molecule has 0 aromatic heterocycles. The monoisotopic (exact) mass is 365 g/mol. The van der Waals surface area contributed by atoms with E-state index in [2.05, 4.69) is 4.72 Å². The highest BCUT2D eigenvalue weighted by Gasteiger charge is 2.44. The largest absolute Gasteiger partial charge is 0.273 e. The average Bonchev–Trinajstić information content (AvgIpc) is 2.90. The third-order valence-electron chi connectivity index (χ3n) is 4.78. The van der Waals surface area contributed by atoms with Gasteiger partial charge in [0, 0.05) is 0 Å². The maximum atomic E-state index is 13.9. The van der Waals surface area contributed by atoms with E-state index < -0.39 is 33.0 Å². The first-order chi connectivity index (χ1) is 11.7. The van der Waals surface area contributed by atoms with E-state index in [4.69, 9.17) is 0 Å². The summed E-state index contributed by atoms with van der Waals surface area (Å²) in [4.78, 5) is 12.7. The lowest BCUT2D eigenvalue weighted by molar-refractivity contribution is -0.124. The van der Waals surface area contributed by atoms with Crippen molar-refractivity contribution >= 4 is 15.9 Å². The molecule has 3 rings (SSSR count). The van der Waals surface area contributed by atoms with E-state index in [0.717, 1.165) is 6.07 Å². The van der Waals surface area contributed by atoms with Crippen LogP contribution in [0.2, 0.25) is 0 Å². The van der Waals surface area contributed by atoms with Gasteiger partial charge in [0.1, 0.15) is 0 Å². The molecule has 0 bridgehead atoms. The molecule has 7 heteroatoms. The second-order valence-corrected chi connectivity index (χ2v) is 8.07. The Hall–Kier alpha value is -2.28. The Morgan fingerprint density at radius 3 is 2.52 bits per heavy atom. The molecule has 2 aromatic carbocycles. The van der Waals surface area contributed by atoms with Gasteiger partial charge < -0.3 is 0 Å². The Bertz CT molecular complexity index is 972. The molecule has 1 N–H and O–H groups in total. The number of sulfonamides is 1. The second kappa shape index (κ2) is 5.91. The number of nitrogens with one attached hydrogen (secondary N) is 1. The molecule has 0 saturated carbocycles. The van der Waals surface area contributed by atoms with Gasteiger partial charge in [-0.1, -0.05) is 24.3 Å². The van der Waals surface area contributed by atoms with Crippen molar-refractivity contribution in [1.29, 1.82) is 0 Å². The third-order valence-corrected chi connectivity index (χ3v) is 6.27. The lowest BCUT2D eigenvalue weighted by Crippen LogP contribution is -2.43. The molecule has 1 aliphatic rings. The maximum absolute atomic E-state index is 13.9. The molecular formula is C18H17F2NO3S. The summed E-state index contributed by atoms with van der Waals surface area (Å²) in [5, 5.41) is 0. The van der Waals surface area contributed by atoms with E-state index in [9.17, 15) is 22.0 Å². The second-order valence-electron chi connectivity index (χ2n) is 6.42. The number of fused-ring (bicyclic) bond motifs is 1. The van der Waals surface area contributed by atoms with E-state index in [1.54, 1.807) is 32.0 Å². The molecule has 0 fully saturated rings. The summed E-state index contributed by atoms with van der Waals surface area (Å²) in [6.45, 7) is 3.17. The van der Waals surface area contributed by atoms with Crippen LogP contribution in [0.5, 0.6) is 0 Å². The predicted molar refractivity (Wildman–Crippen MR) is 88.5 cm³/mol. The molecule has 0 aliphatic heterocycles. The molecule has 0 spiro atoms. The zero-order chi connectivity index (χ0) is 18.4. The number of hydrogen-bond acceptors (Lipinski definition) is 3. The van der Waals surface area contributed by atoms with Crippen molar-refractivity contribution in [1.82, 2.24) is 4.72 Å². The van der Waals surface area contributed by atoms with Crippen molar-refractivity contribution in [3.05, 3.63) is 64.7 Å². The van der Waals surface area contributed by atoms with E-state index in [0.29, 0.717) is 11.1 Å². The smallest absolute Gasteiger partial charge is 0.264 e. The fourth-order valence-corrected chi connectivity index (χ4v) is 4.58. The molecular weight excluding hydrogens is 348 g/mol. The molecule has 0 radical (unpaired) electrons. The standard InChI is InChI=1S/C18H17F2NO3S/c1-11-5-3-4-6-15(11)25(23,24)21-17(22)18(2)10-9-12-13(18)7-8-14(19)16(12)20/h3-8H,9-10H2,1-2H3,(H,21,22). The Labute approximate surface area is 144 Å². The topological polar surface area (TPSA) is 63.2 Å². The summed E-state index contributed by atoms with van der Waals surface area (Å²) >= 11 is 0. The molecule has 4 nitrogen and oxygen atoms in total. The highest BCUT2D eigenvalue weighted by Crippen LogP contribution is 2.40. The Morgan fingerprint density at radius 1 is 1.16 bits per heavy atom. The fourth-order valence-electron chi connectivity index (χ4n) is 3.25. The summed E-state index contributed by atoms with van der Waals surface area (Å²) in [5.41, 5.74) is -0.276. The maximum Gasteiger partial charge on any atom is 0.264 e. The highest BCUT2D eigenvalue weighted by molar-refractivity contribution is 7.90. The lowest BCUT2D eigenvalue weighted by Gasteiger charge is -2.24. The van der Waals surface area contributed by atoms with Crippen LogP contribution in [0.1, 0.15) is 30.0 Å². The van der Waals surface area contributed by atoms with Gasteiger partial charge in [-0.05, 0) is 55.5 Å². The van der Waals surface area contributed by atoms with Crippen LogP contribution in [0.15, 0.2) is 41.3 Å². The van der Waals surface area contributed by atoms with Gasteiger partial charge in [-0.25, -0.2) is 21.9 Å². The van der Waals surface area contributed by atoms with Crippen LogP contribution in [0, 0.1) is 18.6 Å². The van der Waals surface area contributed by atoms with Gasteiger partial charge in [-0.3, -0.25) is 4.79 Å². The van der Waals surface area contributed by atoms with Gasteiger partial charge >= 0.3 is 0 Å². The summed E-state index contributed by atoms with van der Waals surface area (Å²) < 4.78 is 54.5.